The molecule has 1 heterocycles. The van der Waals surface area contributed by atoms with Gasteiger partial charge in [0.05, 0.1) is 6.42 Å². The highest BCUT2D eigenvalue weighted by atomic mass is 32.1. The first-order valence-corrected chi connectivity index (χ1v) is 8.94. The van der Waals surface area contributed by atoms with E-state index in [2.05, 4.69) is 5.32 Å². The van der Waals surface area contributed by atoms with Crippen LogP contribution >= 0.6 is 12.2 Å². The minimum absolute atomic E-state index is 0.0764. The Morgan fingerprint density at radius 1 is 1.08 bits per heavy atom. The summed E-state index contributed by atoms with van der Waals surface area (Å²) in [5, 5.41) is 3.31. The van der Waals surface area contributed by atoms with Gasteiger partial charge in [-0.3, -0.25) is 14.5 Å². The van der Waals surface area contributed by atoms with Gasteiger partial charge < -0.3 is 10.2 Å². The lowest BCUT2D eigenvalue weighted by Crippen LogP contribution is -2.39. The van der Waals surface area contributed by atoms with Crippen molar-refractivity contribution in [3.8, 4) is 0 Å². The van der Waals surface area contributed by atoms with E-state index in [-0.39, 0.29) is 18.2 Å². The van der Waals surface area contributed by atoms with Crippen molar-refractivity contribution < 1.29 is 9.59 Å². The highest BCUT2D eigenvalue weighted by Crippen LogP contribution is 2.21. The van der Waals surface area contributed by atoms with Crippen molar-refractivity contribution in [2.24, 2.45) is 0 Å². The van der Waals surface area contributed by atoms with Gasteiger partial charge in [-0.15, -0.1) is 0 Å². The minimum Gasteiger partial charge on any atom is -0.336 e. The fourth-order valence-corrected chi connectivity index (χ4v) is 3.34. The summed E-state index contributed by atoms with van der Waals surface area (Å²) in [5.74, 6) is -0.330. The van der Waals surface area contributed by atoms with E-state index in [0.717, 1.165) is 12.1 Å². The molecule has 2 aromatic rings. The molecule has 1 aliphatic heterocycles. The van der Waals surface area contributed by atoms with Gasteiger partial charge in [0.25, 0.3) is 5.91 Å². The van der Waals surface area contributed by atoms with Crippen molar-refractivity contribution in [3.63, 3.8) is 0 Å². The van der Waals surface area contributed by atoms with Crippen LogP contribution in [0.4, 0.5) is 5.69 Å². The second-order valence-electron chi connectivity index (χ2n) is 6.24. The summed E-state index contributed by atoms with van der Waals surface area (Å²) in [5.41, 5.74) is 1.89. The highest BCUT2D eigenvalue weighted by Gasteiger charge is 2.41. The molecular formula is C20H21N3O2S. The highest BCUT2D eigenvalue weighted by molar-refractivity contribution is 7.80. The Morgan fingerprint density at radius 2 is 1.69 bits per heavy atom. The zero-order chi connectivity index (χ0) is 18.5. The molecule has 1 atom stereocenters. The fraction of sp³-hybridized carbons (Fsp3) is 0.250. The zero-order valence-corrected chi connectivity index (χ0v) is 15.4. The standard InChI is InChI=1S/C20H21N3O2S/c1-22-19(25)17(14-18(24)21-16-10-6-3-7-11-16)23(20(22)26)13-12-15-8-4-2-5-9-15/h2-11,17H,12-14H2,1H3,(H,21,24). The Hall–Kier alpha value is -2.73. The van der Waals surface area contributed by atoms with E-state index in [9.17, 15) is 9.59 Å². The normalized spacial score (nSPS) is 16.9. The predicted molar refractivity (Wildman–Crippen MR) is 106 cm³/mol. The van der Waals surface area contributed by atoms with Gasteiger partial charge >= 0.3 is 0 Å². The molecule has 0 radical (unpaired) electrons. The molecule has 5 nitrogen and oxygen atoms in total. The number of nitrogens with one attached hydrogen (secondary N) is 1. The molecule has 0 bridgehead atoms. The number of amides is 2. The first-order valence-electron chi connectivity index (χ1n) is 8.53. The van der Waals surface area contributed by atoms with Gasteiger partial charge in [0, 0.05) is 19.3 Å². The van der Waals surface area contributed by atoms with Crippen LogP contribution in [0.5, 0.6) is 0 Å². The molecule has 1 N–H and O–H groups in total. The number of rotatable bonds is 6. The molecule has 2 amide bonds. The maximum atomic E-state index is 12.5. The second kappa shape index (κ2) is 8.10. The zero-order valence-electron chi connectivity index (χ0n) is 14.6. The lowest BCUT2D eigenvalue weighted by atomic mass is 10.1. The van der Waals surface area contributed by atoms with Crippen LogP contribution in [-0.4, -0.2) is 46.4 Å². The van der Waals surface area contributed by atoms with Gasteiger partial charge in [0.1, 0.15) is 6.04 Å². The molecule has 2 aromatic carbocycles. The number of likely N-dealkylation sites (N-methyl/N-ethyl adjacent to an activating group) is 1. The van der Waals surface area contributed by atoms with Gasteiger partial charge in [-0.1, -0.05) is 48.5 Å². The molecule has 0 spiro atoms. The monoisotopic (exact) mass is 367 g/mol. The predicted octanol–water partition coefficient (Wildman–Crippen LogP) is 2.69. The topological polar surface area (TPSA) is 52.7 Å². The van der Waals surface area contributed by atoms with E-state index >= 15 is 0 Å². The van der Waals surface area contributed by atoms with Crippen LogP contribution in [0.2, 0.25) is 0 Å². The Labute approximate surface area is 158 Å². The molecule has 1 aliphatic rings. The number of carbonyl (C=O) groups excluding carboxylic acids is 2. The van der Waals surface area contributed by atoms with E-state index < -0.39 is 6.04 Å². The van der Waals surface area contributed by atoms with E-state index in [1.165, 1.54) is 10.5 Å². The van der Waals surface area contributed by atoms with Crippen molar-refractivity contribution in [2.45, 2.75) is 18.9 Å². The van der Waals surface area contributed by atoms with Gasteiger partial charge in [0.2, 0.25) is 5.91 Å². The van der Waals surface area contributed by atoms with Gasteiger partial charge in [-0.05, 0) is 36.3 Å². The van der Waals surface area contributed by atoms with E-state index in [1.807, 2.05) is 65.6 Å². The van der Waals surface area contributed by atoms with Gasteiger partial charge in [0.15, 0.2) is 5.11 Å². The number of para-hydroxylation sites is 1. The van der Waals surface area contributed by atoms with Crippen LogP contribution in [0.3, 0.4) is 0 Å². The van der Waals surface area contributed by atoms with Crippen molar-refractivity contribution in [2.75, 3.05) is 18.9 Å². The Bertz CT molecular complexity index is 795. The van der Waals surface area contributed by atoms with Gasteiger partial charge in [-0.25, -0.2) is 0 Å². The van der Waals surface area contributed by atoms with Crippen LogP contribution in [0, 0.1) is 0 Å². The van der Waals surface area contributed by atoms with Crippen molar-refractivity contribution >= 4 is 34.8 Å². The quantitative estimate of drug-likeness (QED) is 0.798. The second-order valence-corrected chi connectivity index (χ2v) is 6.61. The van der Waals surface area contributed by atoms with Gasteiger partial charge in [-0.2, -0.15) is 0 Å². The molecule has 1 unspecified atom stereocenters. The number of hydrogen-bond acceptors (Lipinski definition) is 3. The summed E-state index contributed by atoms with van der Waals surface area (Å²) in [7, 11) is 1.66. The third-order valence-corrected chi connectivity index (χ3v) is 4.95. The number of benzene rings is 2. The first kappa shape index (κ1) is 18.1. The average molecular weight is 367 g/mol. The summed E-state index contributed by atoms with van der Waals surface area (Å²) in [6, 6.07) is 18.7. The molecule has 0 aromatic heterocycles. The average Bonchev–Trinajstić information content (AvgIpc) is 2.85. The van der Waals surface area contributed by atoms with Crippen LogP contribution in [-0.2, 0) is 16.0 Å². The summed E-state index contributed by atoms with van der Waals surface area (Å²) < 4.78 is 0. The molecule has 1 saturated heterocycles. The number of thiocarbonyl (C=S) groups is 1. The molecule has 134 valence electrons. The van der Waals surface area contributed by atoms with Crippen LogP contribution in [0.1, 0.15) is 12.0 Å². The number of anilines is 1. The molecule has 0 aliphatic carbocycles. The third-order valence-electron chi connectivity index (χ3n) is 4.44. The fourth-order valence-electron chi connectivity index (χ4n) is 3.03. The third kappa shape index (κ3) is 4.08. The Balaban J connectivity index is 1.67. The smallest absolute Gasteiger partial charge is 0.251 e. The summed E-state index contributed by atoms with van der Waals surface area (Å²) >= 11 is 5.41. The number of carbonyl (C=O) groups is 2. The largest absolute Gasteiger partial charge is 0.336 e. The lowest BCUT2D eigenvalue weighted by Gasteiger charge is -2.23. The van der Waals surface area contributed by atoms with Crippen LogP contribution in [0.15, 0.2) is 60.7 Å². The van der Waals surface area contributed by atoms with E-state index in [0.29, 0.717) is 11.7 Å². The summed E-state index contributed by atoms with van der Waals surface area (Å²) in [6.45, 7) is 0.599. The molecular weight excluding hydrogens is 346 g/mol. The van der Waals surface area contributed by atoms with E-state index in [1.54, 1.807) is 7.05 Å². The summed E-state index contributed by atoms with van der Waals surface area (Å²) in [4.78, 5) is 28.3. The minimum atomic E-state index is -0.556. The van der Waals surface area contributed by atoms with Crippen molar-refractivity contribution in [1.82, 2.24) is 9.80 Å². The van der Waals surface area contributed by atoms with Crippen molar-refractivity contribution in [3.05, 3.63) is 66.2 Å². The molecule has 26 heavy (non-hydrogen) atoms. The Morgan fingerprint density at radius 3 is 2.35 bits per heavy atom. The SMILES string of the molecule is CN1C(=O)C(CC(=O)Nc2ccccc2)N(CCc2ccccc2)C1=S. The maximum Gasteiger partial charge on any atom is 0.251 e. The van der Waals surface area contributed by atoms with E-state index in [4.69, 9.17) is 12.2 Å². The Kier molecular flexibility index (Phi) is 5.63. The molecule has 1 fully saturated rings. The molecule has 6 heteroatoms. The molecule has 0 saturated carbocycles. The van der Waals surface area contributed by atoms with Crippen LogP contribution in [0.25, 0.3) is 0 Å². The number of hydrogen-bond donors (Lipinski definition) is 1. The first-order chi connectivity index (χ1) is 12.6. The summed E-state index contributed by atoms with van der Waals surface area (Å²) in [6.07, 6.45) is 0.839. The maximum absolute atomic E-state index is 12.5. The van der Waals surface area contributed by atoms with Crippen molar-refractivity contribution in [1.29, 1.82) is 0 Å². The molecule has 3 rings (SSSR count). The lowest BCUT2D eigenvalue weighted by molar-refractivity contribution is -0.130. The van der Waals surface area contributed by atoms with Crippen LogP contribution < -0.4 is 5.32 Å². The number of nitrogens with zero attached hydrogens (tertiary/aromatic N) is 2.